The van der Waals surface area contributed by atoms with E-state index >= 15 is 0 Å². The van der Waals surface area contributed by atoms with Crippen LogP contribution in [0.15, 0.2) is 36.4 Å². The van der Waals surface area contributed by atoms with Crippen LogP contribution in [0.2, 0.25) is 10.0 Å². The molecule has 0 aromatic heterocycles. The topological polar surface area (TPSA) is 105 Å². The molecular weight excluding hydrogens is 553 g/mol. The Balaban J connectivity index is 1.41. The monoisotopic (exact) mass is 583 g/mol. The maximum atomic E-state index is 13.1. The first-order valence-electron chi connectivity index (χ1n) is 12.4. The van der Waals surface area contributed by atoms with E-state index < -0.39 is 21.5 Å². The summed E-state index contributed by atoms with van der Waals surface area (Å²) >= 11 is 12.6. The summed E-state index contributed by atoms with van der Waals surface area (Å²) in [5.41, 5.74) is 0.385. The third kappa shape index (κ3) is 7.03. The fourth-order valence-electron chi connectivity index (χ4n) is 4.35. The van der Waals surface area contributed by atoms with Crippen molar-refractivity contribution in [1.82, 2.24) is 4.90 Å². The fraction of sp³-hybridized carbons (Fsp3) is 0.462. The normalized spacial score (nSPS) is 17.8. The number of carbonyl (C=O) groups excluding carboxylic acids is 2. The van der Waals surface area contributed by atoms with Gasteiger partial charge in [0.1, 0.15) is 17.5 Å². The van der Waals surface area contributed by atoms with Gasteiger partial charge in [-0.1, -0.05) is 23.2 Å². The van der Waals surface area contributed by atoms with Gasteiger partial charge in [-0.3, -0.25) is 9.10 Å². The van der Waals surface area contributed by atoms with Gasteiger partial charge in [-0.2, -0.15) is 0 Å². The number of carbonyl (C=O) groups is 2. The van der Waals surface area contributed by atoms with Crippen molar-refractivity contribution >= 4 is 56.6 Å². The Morgan fingerprint density at radius 1 is 1.03 bits per heavy atom. The summed E-state index contributed by atoms with van der Waals surface area (Å²) in [7, 11) is -3.40. The molecule has 2 heterocycles. The second kappa shape index (κ2) is 11.2. The lowest BCUT2D eigenvalue weighted by atomic mass is 10.1. The van der Waals surface area contributed by atoms with Crippen molar-refractivity contribution in [3.8, 4) is 5.75 Å². The van der Waals surface area contributed by atoms with E-state index in [4.69, 9.17) is 32.7 Å². The first-order chi connectivity index (χ1) is 17.8. The molecule has 2 aromatic carbocycles. The lowest BCUT2D eigenvalue weighted by Gasteiger charge is -2.33. The van der Waals surface area contributed by atoms with E-state index in [1.807, 2.05) is 20.8 Å². The molecule has 2 saturated heterocycles. The van der Waals surface area contributed by atoms with Crippen LogP contribution in [0.5, 0.6) is 5.75 Å². The average Bonchev–Trinajstić information content (AvgIpc) is 3.17. The van der Waals surface area contributed by atoms with Crippen LogP contribution in [0.3, 0.4) is 0 Å². The molecule has 0 atom stereocenters. The number of likely N-dealkylation sites (tertiary alicyclic amines) is 1. The Labute approximate surface area is 233 Å². The van der Waals surface area contributed by atoms with Gasteiger partial charge in [0.05, 0.1) is 22.0 Å². The van der Waals surface area contributed by atoms with Gasteiger partial charge in [0, 0.05) is 49.3 Å². The predicted octanol–water partition coefficient (Wildman–Crippen LogP) is 5.56. The smallest absolute Gasteiger partial charge is 0.410 e. The average molecular weight is 585 g/mol. The van der Waals surface area contributed by atoms with Crippen LogP contribution >= 0.6 is 23.2 Å². The molecule has 12 heteroatoms. The summed E-state index contributed by atoms with van der Waals surface area (Å²) in [4.78, 5) is 27.0. The molecule has 2 aromatic rings. The minimum Gasteiger partial charge on any atom is -0.490 e. The molecule has 206 valence electrons. The number of rotatable bonds is 5. The van der Waals surface area contributed by atoms with Crippen LogP contribution in [-0.2, 0) is 14.8 Å². The standard InChI is InChI=1S/C26H31Cl2N3O6S/c1-26(2,3)37-25(33)30-10-7-20(8-11-30)36-21-14-17(27)13-18(15-21)29-24(32)22-16-19(5-6-23(22)28)31-9-4-12-38(31,34)35/h5-6,13-16,20H,4,7-12H2,1-3H3,(H,29,32). The first kappa shape index (κ1) is 28.3. The van der Waals surface area contributed by atoms with Crippen LogP contribution in [0.25, 0.3) is 0 Å². The van der Waals surface area contributed by atoms with Crippen molar-refractivity contribution in [2.24, 2.45) is 0 Å². The largest absolute Gasteiger partial charge is 0.490 e. The summed E-state index contributed by atoms with van der Waals surface area (Å²) < 4.78 is 37.4. The molecule has 9 nitrogen and oxygen atoms in total. The lowest BCUT2D eigenvalue weighted by Crippen LogP contribution is -2.44. The van der Waals surface area contributed by atoms with Crippen molar-refractivity contribution in [3.63, 3.8) is 0 Å². The maximum absolute atomic E-state index is 13.1. The number of benzene rings is 2. The van der Waals surface area contributed by atoms with Gasteiger partial charge >= 0.3 is 6.09 Å². The highest BCUT2D eigenvalue weighted by Gasteiger charge is 2.30. The quantitative estimate of drug-likeness (QED) is 0.493. The molecule has 38 heavy (non-hydrogen) atoms. The van der Waals surface area contributed by atoms with Gasteiger partial charge in [0.2, 0.25) is 10.0 Å². The number of hydrogen-bond donors (Lipinski definition) is 1. The van der Waals surface area contributed by atoms with E-state index in [0.717, 1.165) is 0 Å². The second-order valence-electron chi connectivity index (χ2n) is 10.3. The highest BCUT2D eigenvalue weighted by atomic mass is 35.5. The number of nitrogens with zero attached hydrogens (tertiary/aromatic N) is 2. The number of hydrogen-bond acceptors (Lipinski definition) is 6. The second-order valence-corrected chi connectivity index (χ2v) is 13.2. The Bertz CT molecular complexity index is 1320. The fourth-order valence-corrected chi connectivity index (χ4v) is 6.33. The van der Waals surface area contributed by atoms with Gasteiger partial charge in [-0.05, 0) is 57.5 Å². The molecule has 0 bridgehead atoms. The van der Waals surface area contributed by atoms with Gasteiger partial charge in [0.15, 0.2) is 0 Å². The molecule has 4 rings (SSSR count). The van der Waals surface area contributed by atoms with Crippen molar-refractivity contribution in [2.75, 3.05) is 35.0 Å². The highest BCUT2D eigenvalue weighted by Crippen LogP contribution is 2.31. The zero-order valence-electron chi connectivity index (χ0n) is 21.5. The van der Waals surface area contributed by atoms with Gasteiger partial charge < -0.3 is 19.7 Å². The van der Waals surface area contributed by atoms with Crippen LogP contribution in [0.4, 0.5) is 16.2 Å². The molecule has 0 unspecified atom stereocenters. The van der Waals surface area contributed by atoms with Gasteiger partial charge in [-0.25, -0.2) is 13.2 Å². The number of amides is 2. The van der Waals surface area contributed by atoms with Gasteiger partial charge in [0.25, 0.3) is 5.91 Å². The molecular formula is C26H31Cl2N3O6S. The highest BCUT2D eigenvalue weighted by molar-refractivity contribution is 7.93. The summed E-state index contributed by atoms with van der Waals surface area (Å²) in [5, 5.41) is 3.33. The van der Waals surface area contributed by atoms with E-state index in [-0.39, 0.29) is 28.5 Å². The number of halogens is 2. The Morgan fingerprint density at radius 3 is 2.37 bits per heavy atom. The molecule has 0 spiro atoms. The van der Waals surface area contributed by atoms with E-state index in [0.29, 0.717) is 61.0 Å². The zero-order valence-corrected chi connectivity index (χ0v) is 23.8. The third-order valence-electron chi connectivity index (χ3n) is 6.11. The Kier molecular flexibility index (Phi) is 8.34. The van der Waals surface area contributed by atoms with Crippen molar-refractivity contribution in [2.45, 2.75) is 51.7 Å². The molecule has 2 amide bonds. The number of ether oxygens (including phenoxy) is 2. The van der Waals surface area contributed by atoms with E-state index in [1.54, 1.807) is 29.2 Å². The number of sulfonamides is 1. The molecule has 0 saturated carbocycles. The van der Waals surface area contributed by atoms with Gasteiger partial charge in [-0.15, -0.1) is 0 Å². The molecule has 0 radical (unpaired) electrons. The molecule has 2 aliphatic heterocycles. The van der Waals surface area contributed by atoms with E-state index in [9.17, 15) is 18.0 Å². The lowest BCUT2D eigenvalue weighted by molar-refractivity contribution is 0.0126. The van der Waals surface area contributed by atoms with E-state index in [2.05, 4.69) is 5.32 Å². The third-order valence-corrected chi connectivity index (χ3v) is 8.52. The predicted molar refractivity (Wildman–Crippen MR) is 148 cm³/mol. The van der Waals surface area contributed by atoms with Crippen LogP contribution in [0.1, 0.15) is 50.4 Å². The van der Waals surface area contributed by atoms with E-state index in [1.165, 1.54) is 16.4 Å². The minimum atomic E-state index is -3.40. The number of piperidine rings is 1. The zero-order chi connectivity index (χ0) is 27.7. The molecule has 2 fully saturated rings. The van der Waals surface area contributed by atoms with Crippen molar-refractivity contribution in [3.05, 3.63) is 52.0 Å². The van der Waals surface area contributed by atoms with Crippen LogP contribution < -0.4 is 14.4 Å². The van der Waals surface area contributed by atoms with Crippen molar-refractivity contribution < 1.29 is 27.5 Å². The first-order valence-corrected chi connectivity index (χ1v) is 14.7. The summed E-state index contributed by atoms with van der Waals surface area (Å²) in [5.74, 6) is 0.0431. The van der Waals surface area contributed by atoms with Crippen LogP contribution in [-0.4, -0.2) is 62.4 Å². The summed E-state index contributed by atoms with van der Waals surface area (Å²) in [6.45, 7) is 6.87. The maximum Gasteiger partial charge on any atom is 0.410 e. The molecule has 0 aliphatic carbocycles. The summed E-state index contributed by atoms with van der Waals surface area (Å²) in [6, 6.07) is 9.47. The Hall–Kier alpha value is -2.69. The Morgan fingerprint density at radius 2 is 1.74 bits per heavy atom. The summed E-state index contributed by atoms with van der Waals surface area (Å²) in [6.07, 6.45) is 1.29. The van der Waals surface area contributed by atoms with Crippen LogP contribution in [0, 0.1) is 0 Å². The van der Waals surface area contributed by atoms with Crippen molar-refractivity contribution in [1.29, 1.82) is 0 Å². The minimum absolute atomic E-state index is 0.0719. The molecule has 1 N–H and O–H groups in total. The number of anilines is 2. The molecule has 2 aliphatic rings. The number of nitrogens with one attached hydrogen (secondary N) is 1. The SMILES string of the molecule is CC(C)(C)OC(=O)N1CCC(Oc2cc(Cl)cc(NC(=O)c3cc(N4CCCS4(=O)=O)ccc3Cl)c2)CC1.